The van der Waals surface area contributed by atoms with Crippen molar-refractivity contribution in [1.29, 1.82) is 0 Å². The second-order valence-corrected chi connectivity index (χ2v) is 2.29. The van der Waals surface area contributed by atoms with E-state index in [0.29, 0.717) is 0 Å². The van der Waals surface area contributed by atoms with Crippen molar-refractivity contribution in [2.75, 3.05) is 7.05 Å². The second-order valence-electron chi connectivity index (χ2n) is 2.29. The Balaban J connectivity index is 2.66. The highest BCUT2D eigenvalue weighted by atomic mass is 16.3. The van der Waals surface area contributed by atoms with E-state index in [9.17, 15) is 0 Å². The molecule has 0 aliphatic carbocycles. The van der Waals surface area contributed by atoms with Gasteiger partial charge in [0, 0.05) is 7.05 Å². The van der Waals surface area contributed by atoms with Crippen LogP contribution in [0.5, 0.6) is 0 Å². The maximum absolute atomic E-state index is 9.12. The summed E-state index contributed by atoms with van der Waals surface area (Å²) < 4.78 is 0. The fourth-order valence-corrected chi connectivity index (χ4v) is 0.805. The van der Waals surface area contributed by atoms with Gasteiger partial charge in [-0.1, -0.05) is 6.92 Å². The monoisotopic (exact) mass is 140 g/mol. The Bertz CT molecular complexity index is 174. The molecule has 3 nitrogen and oxygen atoms in total. The van der Waals surface area contributed by atoms with Crippen molar-refractivity contribution in [3.8, 4) is 0 Å². The standard InChI is InChI=1S/C7H12N2O/c1-3-6-4-5-7(10)9(2)8-6/h4-5,7,10H,3H2,1-2H3. The molecule has 0 aromatic heterocycles. The number of allylic oxidation sites excluding steroid dienone is 1. The lowest BCUT2D eigenvalue weighted by Gasteiger charge is -2.21. The molecule has 1 atom stereocenters. The first-order valence-electron chi connectivity index (χ1n) is 3.40. The third-order valence-electron chi connectivity index (χ3n) is 1.49. The third kappa shape index (κ3) is 1.36. The highest BCUT2D eigenvalue weighted by molar-refractivity contribution is 5.94. The van der Waals surface area contributed by atoms with Crippen LogP contribution in [0.25, 0.3) is 0 Å². The Kier molecular flexibility index (Phi) is 2.06. The number of hydrogen-bond acceptors (Lipinski definition) is 3. The molecule has 1 unspecified atom stereocenters. The number of hydrogen-bond donors (Lipinski definition) is 1. The lowest BCUT2D eigenvalue weighted by atomic mass is 10.2. The van der Waals surface area contributed by atoms with E-state index in [-0.39, 0.29) is 0 Å². The molecule has 0 radical (unpaired) electrons. The highest BCUT2D eigenvalue weighted by Crippen LogP contribution is 2.04. The van der Waals surface area contributed by atoms with Gasteiger partial charge >= 0.3 is 0 Å². The quantitative estimate of drug-likeness (QED) is 0.578. The zero-order valence-corrected chi connectivity index (χ0v) is 6.28. The van der Waals surface area contributed by atoms with Crippen molar-refractivity contribution in [2.45, 2.75) is 19.6 Å². The minimum Gasteiger partial charge on any atom is -0.369 e. The smallest absolute Gasteiger partial charge is 0.161 e. The van der Waals surface area contributed by atoms with E-state index in [1.807, 2.05) is 13.0 Å². The Morgan fingerprint density at radius 3 is 3.00 bits per heavy atom. The molecule has 0 saturated heterocycles. The fraction of sp³-hybridized carbons (Fsp3) is 0.571. The third-order valence-corrected chi connectivity index (χ3v) is 1.49. The van der Waals surface area contributed by atoms with Gasteiger partial charge in [0.1, 0.15) is 0 Å². The summed E-state index contributed by atoms with van der Waals surface area (Å²) in [5.41, 5.74) is 1.01. The topological polar surface area (TPSA) is 35.8 Å². The van der Waals surface area contributed by atoms with Crippen LogP contribution in [0, 0.1) is 0 Å². The predicted molar refractivity (Wildman–Crippen MR) is 40.6 cm³/mol. The van der Waals surface area contributed by atoms with Gasteiger partial charge < -0.3 is 5.11 Å². The molecule has 1 aliphatic rings. The maximum Gasteiger partial charge on any atom is 0.161 e. The van der Waals surface area contributed by atoms with E-state index in [0.717, 1.165) is 12.1 Å². The van der Waals surface area contributed by atoms with Gasteiger partial charge in [-0.3, -0.25) is 5.01 Å². The van der Waals surface area contributed by atoms with Crippen LogP contribution in [-0.4, -0.2) is 29.1 Å². The molecule has 1 N–H and O–H groups in total. The van der Waals surface area contributed by atoms with Crippen molar-refractivity contribution in [1.82, 2.24) is 5.01 Å². The number of aliphatic hydroxyl groups is 1. The van der Waals surface area contributed by atoms with Gasteiger partial charge in [0.2, 0.25) is 0 Å². The second kappa shape index (κ2) is 2.84. The predicted octanol–water partition coefficient (Wildman–Crippen LogP) is 0.572. The summed E-state index contributed by atoms with van der Waals surface area (Å²) in [7, 11) is 1.75. The van der Waals surface area contributed by atoms with E-state index in [1.54, 1.807) is 18.1 Å². The molecule has 56 valence electrons. The van der Waals surface area contributed by atoms with E-state index >= 15 is 0 Å². The average Bonchev–Trinajstić information content (AvgIpc) is 1.95. The summed E-state index contributed by atoms with van der Waals surface area (Å²) in [4.78, 5) is 0. The zero-order valence-electron chi connectivity index (χ0n) is 6.28. The Labute approximate surface area is 60.7 Å². The van der Waals surface area contributed by atoms with Crippen molar-refractivity contribution in [3.05, 3.63) is 12.2 Å². The van der Waals surface area contributed by atoms with Gasteiger partial charge in [0.15, 0.2) is 6.23 Å². The highest BCUT2D eigenvalue weighted by Gasteiger charge is 2.09. The molecule has 10 heavy (non-hydrogen) atoms. The molecule has 1 heterocycles. The molecule has 1 aliphatic heterocycles. The molecular formula is C7H12N2O. The van der Waals surface area contributed by atoms with Crippen LogP contribution in [0.4, 0.5) is 0 Å². The first kappa shape index (κ1) is 7.28. The van der Waals surface area contributed by atoms with Crippen LogP contribution in [0.3, 0.4) is 0 Å². The summed E-state index contributed by atoms with van der Waals surface area (Å²) in [5, 5.41) is 14.8. The molecule has 0 bridgehead atoms. The molecule has 0 aromatic rings. The summed E-state index contributed by atoms with van der Waals surface area (Å²) in [5.74, 6) is 0. The summed E-state index contributed by atoms with van der Waals surface area (Å²) in [6, 6.07) is 0. The Hall–Kier alpha value is -0.830. The molecular weight excluding hydrogens is 128 g/mol. The molecule has 3 heteroatoms. The van der Waals surface area contributed by atoms with Gasteiger partial charge in [-0.2, -0.15) is 5.10 Å². The lowest BCUT2D eigenvalue weighted by molar-refractivity contribution is 0.0632. The molecule has 0 fully saturated rings. The first-order valence-corrected chi connectivity index (χ1v) is 3.40. The maximum atomic E-state index is 9.12. The van der Waals surface area contributed by atoms with Crippen LogP contribution in [-0.2, 0) is 0 Å². The van der Waals surface area contributed by atoms with Crippen LogP contribution in [0.2, 0.25) is 0 Å². The van der Waals surface area contributed by atoms with E-state index in [1.165, 1.54) is 0 Å². The summed E-state index contributed by atoms with van der Waals surface area (Å²) in [6.07, 6.45) is 3.94. The van der Waals surface area contributed by atoms with Crippen molar-refractivity contribution < 1.29 is 5.11 Å². The van der Waals surface area contributed by atoms with E-state index < -0.39 is 6.23 Å². The van der Waals surface area contributed by atoms with Gasteiger partial charge in [0.25, 0.3) is 0 Å². The Morgan fingerprint density at radius 1 is 1.80 bits per heavy atom. The number of nitrogens with zero attached hydrogens (tertiary/aromatic N) is 2. The van der Waals surface area contributed by atoms with E-state index in [2.05, 4.69) is 5.10 Å². The molecule has 0 saturated carbocycles. The molecule has 0 amide bonds. The minimum atomic E-state index is -0.546. The van der Waals surface area contributed by atoms with Gasteiger partial charge in [0.05, 0.1) is 5.71 Å². The molecule has 0 aromatic carbocycles. The van der Waals surface area contributed by atoms with Crippen LogP contribution in [0.1, 0.15) is 13.3 Å². The minimum absolute atomic E-state index is 0.546. The largest absolute Gasteiger partial charge is 0.369 e. The number of hydrazone groups is 1. The lowest BCUT2D eigenvalue weighted by Crippen LogP contribution is -2.28. The zero-order chi connectivity index (χ0) is 7.56. The van der Waals surface area contributed by atoms with Gasteiger partial charge in [-0.15, -0.1) is 0 Å². The van der Waals surface area contributed by atoms with Crippen molar-refractivity contribution in [3.63, 3.8) is 0 Å². The van der Waals surface area contributed by atoms with Gasteiger partial charge in [-0.05, 0) is 18.6 Å². The molecule has 1 rings (SSSR count). The number of likely N-dealkylation sites (N-methyl/N-ethyl adjacent to an activating group) is 1. The molecule has 0 spiro atoms. The normalized spacial score (nSPS) is 24.9. The van der Waals surface area contributed by atoms with Crippen LogP contribution in [0.15, 0.2) is 17.3 Å². The Morgan fingerprint density at radius 2 is 2.50 bits per heavy atom. The summed E-state index contributed by atoms with van der Waals surface area (Å²) >= 11 is 0. The van der Waals surface area contributed by atoms with Gasteiger partial charge in [-0.25, -0.2) is 0 Å². The average molecular weight is 140 g/mol. The van der Waals surface area contributed by atoms with Crippen LogP contribution >= 0.6 is 0 Å². The fourth-order valence-electron chi connectivity index (χ4n) is 0.805. The van der Waals surface area contributed by atoms with Crippen molar-refractivity contribution in [2.24, 2.45) is 5.10 Å². The van der Waals surface area contributed by atoms with Crippen LogP contribution < -0.4 is 0 Å². The number of aliphatic hydroxyl groups excluding tert-OH is 1. The number of rotatable bonds is 1. The SMILES string of the molecule is CCC1=NN(C)C(O)C=C1. The van der Waals surface area contributed by atoms with E-state index in [4.69, 9.17) is 5.11 Å². The summed E-state index contributed by atoms with van der Waals surface area (Å²) in [6.45, 7) is 2.04. The van der Waals surface area contributed by atoms with Crippen molar-refractivity contribution >= 4 is 5.71 Å². The first-order chi connectivity index (χ1) is 4.74.